The normalized spacial score (nSPS) is 11.4. The van der Waals surface area contributed by atoms with Gasteiger partial charge in [-0.15, -0.1) is 0 Å². The fourth-order valence-corrected chi connectivity index (χ4v) is 3.05. The van der Waals surface area contributed by atoms with Crippen LogP contribution in [0.1, 0.15) is 11.1 Å². The van der Waals surface area contributed by atoms with Gasteiger partial charge in [0.1, 0.15) is 16.3 Å². The minimum Gasteiger partial charge on any atom is -0.455 e. The number of alkyl halides is 3. The highest BCUT2D eigenvalue weighted by Crippen LogP contribution is 2.30. The van der Waals surface area contributed by atoms with E-state index in [9.17, 15) is 18.0 Å². The first-order valence-corrected chi connectivity index (χ1v) is 9.04. The Labute approximate surface area is 172 Å². The van der Waals surface area contributed by atoms with Gasteiger partial charge in [0.25, 0.3) is 0 Å². The van der Waals surface area contributed by atoms with Crippen molar-refractivity contribution >= 4 is 34.1 Å². The molecule has 0 spiro atoms. The van der Waals surface area contributed by atoms with Crippen LogP contribution in [0.25, 0.3) is 11.2 Å². The van der Waals surface area contributed by atoms with Gasteiger partial charge in [-0.3, -0.25) is 4.98 Å². The molecule has 2 aromatic heterocycles. The van der Waals surface area contributed by atoms with E-state index < -0.39 is 17.4 Å². The van der Waals surface area contributed by atoms with E-state index in [2.05, 4.69) is 20.3 Å². The third-order valence-electron chi connectivity index (χ3n) is 4.16. The summed E-state index contributed by atoms with van der Waals surface area (Å²) in [6, 6.07) is 13.1. The Kier molecular flexibility index (Phi) is 5.00. The molecule has 0 fully saturated rings. The van der Waals surface area contributed by atoms with Crippen LogP contribution in [0.15, 0.2) is 65.6 Å². The zero-order valence-corrected chi connectivity index (χ0v) is 15.9. The summed E-state index contributed by atoms with van der Waals surface area (Å²) >= 11 is 5.25. The van der Waals surface area contributed by atoms with E-state index in [1.165, 1.54) is 18.3 Å². The van der Waals surface area contributed by atoms with Gasteiger partial charge in [0.2, 0.25) is 0 Å². The summed E-state index contributed by atoms with van der Waals surface area (Å²) in [4.78, 5) is 20.8. The molecule has 2 aromatic carbocycles. The Morgan fingerprint density at radius 1 is 1.07 bits per heavy atom. The summed E-state index contributed by atoms with van der Waals surface area (Å²) in [5.41, 5.74) is 0.367. The highest BCUT2D eigenvalue weighted by Gasteiger charge is 2.30. The molecule has 0 amide bonds. The Bertz CT molecular complexity index is 1300. The maximum atomic E-state index is 12.9. The average Bonchev–Trinajstić information content (AvgIpc) is 3.09. The lowest BCUT2D eigenvalue weighted by Crippen LogP contribution is -2.12. The van der Waals surface area contributed by atoms with E-state index in [1.807, 2.05) is 0 Å². The number of hydrogen-bond donors (Lipinski definition) is 3. The number of benzene rings is 2. The van der Waals surface area contributed by atoms with Crippen molar-refractivity contribution in [3.63, 3.8) is 0 Å². The van der Waals surface area contributed by atoms with Crippen LogP contribution >= 0.6 is 12.2 Å². The number of nitrogens with zero attached hydrogens (tertiary/aromatic N) is 1. The number of imidazole rings is 1. The molecular weight excluding hydrogens is 417 g/mol. The summed E-state index contributed by atoms with van der Waals surface area (Å²) in [7, 11) is 0. The number of halogens is 3. The maximum absolute atomic E-state index is 12.9. The van der Waals surface area contributed by atoms with Crippen molar-refractivity contribution in [3.05, 3.63) is 82.4 Å². The number of H-pyrrole nitrogens is 2. The second kappa shape index (κ2) is 7.64. The van der Waals surface area contributed by atoms with Crippen molar-refractivity contribution in [2.45, 2.75) is 6.18 Å². The molecule has 0 radical (unpaired) electrons. The number of hydrogen-bond acceptors (Lipinski definition) is 4. The van der Waals surface area contributed by atoms with Crippen molar-refractivity contribution in [3.8, 4) is 11.5 Å². The topological polar surface area (TPSA) is 82.8 Å². The Morgan fingerprint density at radius 2 is 1.87 bits per heavy atom. The Hall–Kier alpha value is -3.66. The molecule has 10 heteroatoms. The van der Waals surface area contributed by atoms with Gasteiger partial charge in [-0.2, -0.15) is 13.2 Å². The molecule has 0 aliphatic carbocycles. The van der Waals surface area contributed by atoms with Crippen LogP contribution in [0.4, 0.5) is 18.9 Å². The lowest BCUT2D eigenvalue weighted by Gasteiger charge is -2.12. The van der Waals surface area contributed by atoms with E-state index in [1.54, 1.807) is 30.3 Å². The fourth-order valence-electron chi connectivity index (χ4n) is 2.80. The Morgan fingerprint density at radius 3 is 2.67 bits per heavy atom. The summed E-state index contributed by atoms with van der Waals surface area (Å²) in [6.07, 6.45) is -2.96. The van der Waals surface area contributed by atoms with Gasteiger partial charge in [0.15, 0.2) is 11.4 Å². The average molecular weight is 430 g/mol. The molecule has 4 aromatic rings. The number of thiocarbonyl (C=S) groups is 1. The van der Waals surface area contributed by atoms with Gasteiger partial charge < -0.3 is 15.0 Å². The van der Waals surface area contributed by atoms with Crippen molar-refractivity contribution in [1.82, 2.24) is 15.0 Å². The molecule has 0 atom stereocenters. The van der Waals surface area contributed by atoms with Crippen LogP contribution in [0.2, 0.25) is 0 Å². The predicted octanol–water partition coefficient (Wildman–Crippen LogP) is 4.85. The van der Waals surface area contributed by atoms with Crippen molar-refractivity contribution in [2.24, 2.45) is 0 Å². The number of pyridine rings is 1. The number of ether oxygens (including phenoxy) is 1. The molecular formula is C20H13F3N4O2S. The Balaban J connectivity index is 1.55. The second-order valence-electron chi connectivity index (χ2n) is 6.27. The van der Waals surface area contributed by atoms with Gasteiger partial charge in [0.05, 0.1) is 5.56 Å². The largest absolute Gasteiger partial charge is 0.455 e. The SMILES string of the molecule is O=c1[nH]c2nccc(Oc3cccc(NC(=S)c4cccc(C(F)(F)F)c4)c3)c2[nH]1. The van der Waals surface area contributed by atoms with E-state index in [4.69, 9.17) is 17.0 Å². The standard InChI is InChI=1S/C20H13F3N4O2S/c21-20(22,23)12-4-1-3-11(9-12)18(30)25-13-5-2-6-14(10-13)29-15-7-8-24-17-16(15)26-19(28)27-17/h1-10H,(H,25,30)(H2,24,26,27,28). The first-order chi connectivity index (χ1) is 14.3. The van der Waals surface area contributed by atoms with Crippen LogP contribution in [0.5, 0.6) is 11.5 Å². The molecule has 30 heavy (non-hydrogen) atoms. The number of fused-ring (bicyclic) bond motifs is 1. The lowest BCUT2D eigenvalue weighted by molar-refractivity contribution is -0.137. The second-order valence-corrected chi connectivity index (χ2v) is 6.68. The molecule has 2 heterocycles. The lowest BCUT2D eigenvalue weighted by atomic mass is 10.1. The van der Waals surface area contributed by atoms with Gasteiger partial charge in [-0.1, -0.05) is 30.4 Å². The highest BCUT2D eigenvalue weighted by molar-refractivity contribution is 7.81. The molecule has 0 aliphatic rings. The van der Waals surface area contributed by atoms with Gasteiger partial charge in [-0.05, 0) is 24.3 Å². The maximum Gasteiger partial charge on any atom is 0.416 e. The van der Waals surface area contributed by atoms with Gasteiger partial charge in [-0.25, -0.2) is 9.78 Å². The molecule has 3 N–H and O–H groups in total. The molecule has 0 saturated heterocycles. The summed E-state index contributed by atoms with van der Waals surface area (Å²) in [6.45, 7) is 0. The fraction of sp³-hybridized carbons (Fsp3) is 0.0500. The predicted molar refractivity (Wildman–Crippen MR) is 110 cm³/mol. The molecule has 4 rings (SSSR count). The monoisotopic (exact) mass is 430 g/mol. The van der Waals surface area contributed by atoms with Crippen molar-refractivity contribution < 1.29 is 17.9 Å². The zero-order valence-electron chi connectivity index (χ0n) is 15.1. The van der Waals surface area contributed by atoms with Crippen LogP contribution in [0.3, 0.4) is 0 Å². The molecule has 0 aliphatic heterocycles. The minimum absolute atomic E-state index is 0.138. The van der Waals surface area contributed by atoms with E-state index >= 15 is 0 Å². The van der Waals surface area contributed by atoms with E-state index in [0.717, 1.165) is 12.1 Å². The molecule has 6 nitrogen and oxygen atoms in total. The highest BCUT2D eigenvalue weighted by atomic mass is 32.1. The summed E-state index contributed by atoms with van der Waals surface area (Å²) in [5, 5.41) is 2.91. The summed E-state index contributed by atoms with van der Waals surface area (Å²) < 4.78 is 44.6. The number of aromatic amines is 2. The van der Waals surface area contributed by atoms with E-state index in [-0.39, 0.29) is 10.6 Å². The number of anilines is 1. The third-order valence-corrected chi connectivity index (χ3v) is 4.49. The third kappa shape index (κ3) is 4.18. The molecule has 0 saturated carbocycles. The smallest absolute Gasteiger partial charge is 0.416 e. The van der Waals surface area contributed by atoms with E-state index in [0.29, 0.717) is 28.4 Å². The minimum atomic E-state index is -4.45. The molecule has 152 valence electrons. The number of aromatic nitrogens is 3. The van der Waals surface area contributed by atoms with Gasteiger partial charge >= 0.3 is 11.9 Å². The number of nitrogens with one attached hydrogen (secondary N) is 3. The van der Waals surface area contributed by atoms with Crippen LogP contribution < -0.4 is 15.7 Å². The van der Waals surface area contributed by atoms with Crippen LogP contribution in [-0.4, -0.2) is 19.9 Å². The molecule has 0 unspecified atom stereocenters. The summed E-state index contributed by atoms with van der Waals surface area (Å²) in [5.74, 6) is 0.817. The first kappa shape index (κ1) is 19.6. The van der Waals surface area contributed by atoms with Crippen LogP contribution in [-0.2, 0) is 6.18 Å². The zero-order chi connectivity index (χ0) is 21.3. The van der Waals surface area contributed by atoms with Crippen molar-refractivity contribution in [1.29, 1.82) is 0 Å². The van der Waals surface area contributed by atoms with Crippen molar-refractivity contribution in [2.75, 3.05) is 5.32 Å². The quantitative estimate of drug-likeness (QED) is 0.403. The van der Waals surface area contributed by atoms with Crippen LogP contribution in [0, 0.1) is 0 Å². The first-order valence-electron chi connectivity index (χ1n) is 8.63. The molecule has 0 bridgehead atoms. The van der Waals surface area contributed by atoms with Gasteiger partial charge in [0, 0.05) is 29.6 Å². The number of rotatable bonds is 4.